The Balaban J connectivity index is 0.00000196. The zero-order valence-electron chi connectivity index (χ0n) is 8.24. The number of carboxylic acid groups (broad SMARTS) is 1. The Bertz CT molecular complexity index is 355. The number of hydrogen-bond donors (Lipinski definition) is 2. The third kappa shape index (κ3) is 4.08. The average molecular weight is 250 g/mol. The van der Waals surface area contributed by atoms with E-state index in [0.29, 0.717) is 5.02 Å². The second-order valence-corrected chi connectivity index (χ2v) is 3.65. The first-order chi connectivity index (χ1) is 6.50. The first kappa shape index (κ1) is 14.2. The van der Waals surface area contributed by atoms with E-state index in [1.807, 2.05) is 13.0 Å². The van der Waals surface area contributed by atoms with Gasteiger partial charge in [-0.05, 0) is 30.5 Å². The van der Waals surface area contributed by atoms with Crippen molar-refractivity contribution in [2.24, 2.45) is 5.73 Å². The summed E-state index contributed by atoms with van der Waals surface area (Å²) in [5.74, 6) is -1.01. The summed E-state index contributed by atoms with van der Waals surface area (Å²) in [6.45, 7) is 1.92. The fourth-order valence-electron chi connectivity index (χ4n) is 1.14. The van der Waals surface area contributed by atoms with Crippen LogP contribution in [0.15, 0.2) is 18.2 Å². The summed E-state index contributed by atoms with van der Waals surface area (Å²) < 4.78 is 0. The van der Waals surface area contributed by atoms with Gasteiger partial charge in [0.05, 0.1) is 0 Å². The third-order valence-electron chi connectivity index (χ3n) is 1.97. The molecule has 0 amide bonds. The molecule has 0 bridgehead atoms. The van der Waals surface area contributed by atoms with E-state index < -0.39 is 12.0 Å². The molecule has 1 aromatic rings. The lowest BCUT2D eigenvalue weighted by Crippen LogP contribution is -2.32. The molecule has 0 heterocycles. The minimum atomic E-state index is -1.01. The highest BCUT2D eigenvalue weighted by Crippen LogP contribution is 2.18. The maximum atomic E-state index is 10.5. The smallest absolute Gasteiger partial charge is 0.320 e. The van der Waals surface area contributed by atoms with Crippen LogP contribution >= 0.6 is 24.0 Å². The molecule has 15 heavy (non-hydrogen) atoms. The van der Waals surface area contributed by atoms with E-state index in [2.05, 4.69) is 0 Å². The predicted molar refractivity (Wildman–Crippen MR) is 62.8 cm³/mol. The number of aliphatic carboxylic acids is 1. The minimum absolute atomic E-state index is 0. The van der Waals surface area contributed by atoms with Gasteiger partial charge in [-0.1, -0.05) is 23.7 Å². The summed E-state index contributed by atoms with van der Waals surface area (Å²) in [5.41, 5.74) is 7.21. The highest BCUT2D eigenvalue weighted by molar-refractivity contribution is 6.31. The van der Waals surface area contributed by atoms with Crippen LogP contribution in [0.5, 0.6) is 0 Å². The van der Waals surface area contributed by atoms with Gasteiger partial charge in [0.25, 0.3) is 0 Å². The molecule has 0 aromatic heterocycles. The van der Waals surface area contributed by atoms with E-state index in [1.54, 1.807) is 12.1 Å². The topological polar surface area (TPSA) is 63.3 Å². The van der Waals surface area contributed by atoms with Crippen molar-refractivity contribution in [1.82, 2.24) is 0 Å². The fourth-order valence-corrected chi connectivity index (χ4v) is 1.45. The largest absolute Gasteiger partial charge is 0.480 e. The van der Waals surface area contributed by atoms with Gasteiger partial charge in [0.1, 0.15) is 6.04 Å². The molecule has 0 saturated heterocycles. The molecular weight excluding hydrogens is 237 g/mol. The normalized spacial score (nSPS) is 11.7. The van der Waals surface area contributed by atoms with Gasteiger partial charge in [0.2, 0.25) is 0 Å². The van der Waals surface area contributed by atoms with Gasteiger partial charge in [-0.2, -0.15) is 0 Å². The lowest BCUT2D eigenvalue weighted by atomic mass is 10.1. The van der Waals surface area contributed by atoms with Gasteiger partial charge in [-0.15, -0.1) is 12.4 Å². The van der Waals surface area contributed by atoms with Crippen LogP contribution in [0.4, 0.5) is 0 Å². The number of benzene rings is 1. The molecule has 0 saturated carbocycles. The summed E-state index contributed by atoms with van der Waals surface area (Å²) in [6, 6.07) is 4.59. The summed E-state index contributed by atoms with van der Waals surface area (Å²) in [4.78, 5) is 10.5. The molecule has 84 valence electrons. The second-order valence-electron chi connectivity index (χ2n) is 3.24. The van der Waals surface area contributed by atoms with Crippen LogP contribution in [-0.4, -0.2) is 17.1 Å². The van der Waals surface area contributed by atoms with Crippen molar-refractivity contribution < 1.29 is 9.90 Å². The molecule has 1 rings (SSSR count). The molecule has 0 radical (unpaired) electrons. The predicted octanol–water partition coefficient (Wildman–Crippen LogP) is 2.02. The monoisotopic (exact) mass is 249 g/mol. The molecule has 1 aromatic carbocycles. The van der Waals surface area contributed by atoms with Gasteiger partial charge in [-0.3, -0.25) is 4.79 Å². The Labute approximate surface area is 99.6 Å². The van der Waals surface area contributed by atoms with Crippen LogP contribution in [0.1, 0.15) is 11.1 Å². The molecule has 0 aliphatic heterocycles. The Kier molecular flexibility index (Phi) is 5.65. The van der Waals surface area contributed by atoms with Gasteiger partial charge < -0.3 is 10.8 Å². The van der Waals surface area contributed by atoms with Gasteiger partial charge in [0, 0.05) is 5.02 Å². The quantitative estimate of drug-likeness (QED) is 0.862. The highest BCUT2D eigenvalue weighted by atomic mass is 35.5. The van der Waals surface area contributed by atoms with Gasteiger partial charge in [0.15, 0.2) is 0 Å². The van der Waals surface area contributed by atoms with Crippen molar-refractivity contribution in [1.29, 1.82) is 0 Å². The number of hydrogen-bond acceptors (Lipinski definition) is 2. The van der Waals surface area contributed by atoms with E-state index in [4.69, 9.17) is 22.4 Å². The molecule has 3 N–H and O–H groups in total. The number of aryl methyl sites for hydroxylation is 1. The Hall–Kier alpha value is -0.770. The fraction of sp³-hybridized carbons (Fsp3) is 0.300. The van der Waals surface area contributed by atoms with Gasteiger partial charge in [-0.25, -0.2) is 0 Å². The van der Waals surface area contributed by atoms with Crippen molar-refractivity contribution in [3.8, 4) is 0 Å². The molecule has 1 atom stereocenters. The summed E-state index contributed by atoms with van der Waals surface area (Å²) in [7, 11) is 0. The maximum Gasteiger partial charge on any atom is 0.320 e. The van der Waals surface area contributed by atoms with E-state index in [0.717, 1.165) is 11.1 Å². The average Bonchev–Trinajstić information content (AvgIpc) is 2.09. The standard InChI is InChI=1S/C10H12ClNO2.ClH/c1-6-2-3-7(8(11)4-6)5-9(12)10(13)14;/h2-4,9H,5,12H2,1H3,(H,13,14);1H. The van der Waals surface area contributed by atoms with Gasteiger partial charge >= 0.3 is 5.97 Å². The highest BCUT2D eigenvalue weighted by Gasteiger charge is 2.13. The molecule has 0 aliphatic carbocycles. The van der Waals surface area contributed by atoms with Crippen LogP contribution in [0.25, 0.3) is 0 Å². The van der Waals surface area contributed by atoms with E-state index in [9.17, 15) is 4.79 Å². The lowest BCUT2D eigenvalue weighted by molar-refractivity contribution is -0.138. The first-order valence-electron chi connectivity index (χ1n) is 4.24. The van der Waals surface area contributed by atoms with Crippen molar-refractivity contribution >= 4 is 30.0 Å². The maximum absolute atomic E-state index is 10.5. The van der Waals surface area contributed by atoms with Crippen LogP contribution in [0, 0.1) is 6.92 Å². The first-order valence-corrected chi connectivity index (χ1v) is 4.62. The van der Waals surface area contributed by atoms with Crippen LogP contribution < -0.4 is 5.73 Å². The lowest BCUT2D eigenvalue weighted by Gasteiger charge is -2.08. The summed E-state index contributed by atoms with van der Waals surface area (Å²) >= 11 is 5.93. The zero-order chi connectivity index (χ0) is 10.7. The number of rotatable bonds is 3. The zero-order valence-corrected chi connectivity index (χ0v) is 9.81. The minimum Gasteiger partial charge on any atom is -0.480 e. The van der Waals surface area contributed by atoms with E-state index >= 15 is 0 Å². The molecule has 3 nitrogen and oxygen atoms in total. The summed E-state index contributed by atoms with van der Waals surface area (Å²) in [5, 5.41) is 9.19. The van der Waals surface area contributed by atoms with Crippen molar-refractivity contribution in [2.75, 3.05) is 0 Å². The SMILES string of the molecule is Cc1ccc(CC(N)C(=O)O)c(Cl)c1.Cl. The molecular formula is C10H13Cl2NO2. The molecule has 0 spiro atoms. The van der Waals surface area contributed by atoms with Crippen LogP contribution in [0.3, 0.4) is 0 Å². The number of carbonyl (C=O) groups is 1. The molecule has 1 unspecified atom stereocenters. The van der Waals surface area contributed by atoms with Crippen LogP contribution in [-0.2, 0) is 11.2 Å². The molecule has 0 aliphatic rings. The van der Waals surface area contributed by atoms with Crippen molar-refractivity contribution in [2.45, 2.75) is 19.4 Å². The van der Waals surface area contributed by atoms with Crippen molar-refractivity contribution in [3.63, 3.8) is 0 Å². The summed E-state index contributed by atoms with van der Waals surface area (Å²) in [6.07, 6.45) is 0.258. The van der Waals surface area contributed by atoms with Crippen molar-refractivity contribution in [3.05, 3.63) is 34.3 Å². The van der Waals surface area contributed by atoms with E-state index in [-0.39, 0.29) is 18.8 Å². The van der Waals surface area contributed by atoms with E-state index in [1.165, 1.54) is 0 Å². The number of carboxylic acids is 1. The Morgan fingerprint density at radius 3 is 2.67 bits per heavy atom. The second kappa shape index (κ2) is 5.95. The Morgan fingerprint density at radius 2 is 2.20 bits per heavy atom. The third-order valence-corrected chi connectivity index (χ3v) is 2.32. The molecule has 5 heteroatoms. The van der Waals surface area contributed by atoms with Crippen LogP contribution in [0.2, 0.25) is 5.02 Å². The molecule has 0 fully saturated rings. The Morgan fingerprint density at radius 1 is 1.60 bits per heavy atom. The number of halogens is 2. The number of nitrogens with two attached hydrogens (primary N) is 1.